The minimum absolute atomic E-state index is 0.296. The first-order valence-electron chi connectivity index (χ1n) is 9.69. The molecule has 4 aromatic carbocycles. The van der Waals surface area contributed by atoms with E-state index in [0.717, 1.165) is 52.9 Å². The molecule has 0 N–H and O–H groups in total. The van der Waals surface area contributed by atoms with Crippen LogP contribution in [0.15, 0.2) is 66.7 Å². The summed E-state index contributed by atoms with van der Waals surface area (Å²) >= 11 is 0. The van der Waals surface area contributed by atoms with Crippen molar-refractivity contribution in [1.82, 2.24) is 0 Å². The van der Waals surface area contributed by atoms with Gasteiger partial charge in [-0.3, -0.25) is 0 Å². The predicted molar refractivity (Wildman–Crippen MR) is 110 cm³/mol. The maximum absolute atomic E-state index is 14.9. The molecule has 0 radical (unpaired) electrons. The van der Waals surface area contributed by atoms with E-state index < -0.39 is 17.6 Å². The van der Waals surface area contributed by atoms with Crippen LogP contribution in [0.1, 0.15) is 30.9 Å². The lowest BCUT2D eigenvalue weighted by Gasteiger charge is -2.11. The number of fused-ring (bicyclic) bond motifs is 3. The summed E-state index contributed by atoms with van der Waals surface area (Å²) in [5.74, 6) is -0.445. The van der Waals surface area contributed by atoms with Crippen molar-refractivity contribution < 1.29 is 17.6 Å². The largest absolute Gasteiger partial charge is 0.416 e. The van der Waals surface area contributed by atoms with Crippen LogP contribution in [0.25, 0.3) is 32.7 Å². The molecule has 148 valence electrons. The number of rotatable bonds is 4. The molecule has 4 heteroatoms. The van der Waals surface area contributed by atoms with Crippen LogP contribution in [-0.4, -0.2) is 0 Å². The van der Waals surface area contributed by atoms with E-state index >= 15 is 0 Å². The quantitative estimate of drug-likeness (QED) is 0.241. The number of alkyl halides is 3. The average molecular weight is 396 g/mol. The summed E-state index contributed by atoms with van der Waals surface area (Å²) in [6, 6.07) is 18.0. The van der Waals surface area contributed by atoms with Gasteiger partial charge < -0.3 is 0 Å². The van der Waals surface area contributed by atoms with Gasteiger partial charge in [0.25, 0.3) is 0 Å². The van der Waals surface area contributed by atoms with Gasteiger partial charge >= 0.3 is 6.18 Å². The third-order valence-electron chi connectivity index (χ3n) is 5.33. The highest BCUT2D eigenvalue weighted by Crippen LogP contribution is 2.35. The Morgan fingerprint density at radius 1 is 0.759 bits per heavy atom. The summed E-state index contributed by atoms with van der Waals surface area (Å²) in [4.78, 5) is 0. The van der Waals surface area contributed by atoms with E-state index in [1.165, 1.54) is 23.8 Å². The molecule has 0 aromatic heterocycles. The minimum Gasteiger partial charge on any atom is -0.206 e. The van der Waals surface area contributed by atoms with E-state index in [9.17, 15) is 17.6 Å². The zero-order chi connectivity index (χ0) is 20.6. The molecule has 0 bridgehead atoms. The second-order valence-corrected chi connectivity index (χ2v) is 7.35. The molecule has 4 rings (SSSR count). The lowest BCUT2D eigenvalue weighted by Crippen LogP contribution is -2.04. The molecule has 0 nitrogen and oxygen atoms in total. The smallest absolute Gasteiger partial charge is 0.206 e. The highest BCUT2D eigenvalue weighted by molar-refractivity contribution is 6.08. The number of unbranched alkanes of at least 4 members (excludes halogenated alkanes) is 1. The standard InChI is InChI=1S/C25H20F4/c1-2-3-4-16-5-12-21-18(13-16)6-7-19-14-23(24(26)15-22(19)21)17-8-10-20(11-9-17)25(27,28)29/h5-15H,2-4H2,1H3. The van der Waals surface area contributed by atoms with Crippen LogP contribution in [0.5, 0.6) is 0 Å². The Bertz CT molecular complexity index is 1170. The highest BCUT2D eigenvalue weighted by atomic mass is 19.4. The monoisotopic (exact) mass is 396 g/mol. The van der Waals surface area contributed by atoms with Crippen LogP contribution >= 0.6 is 0 Å². The molecule has 0 amide bonds. The van der Waals surface area contributed by atoms with Gasteiger partial charge in [0.1, 0.15) is 5.82 Å². The van der Waals surface area contributed by atoms with Gasteiger partial charge in [-0.1, -0.05) is 55.8 Å². The van der Waals surface area contributed by atoms with E-state index in [2.05, 4.69) is 19.1 Å². The molecule has 0 fully saturated rings. The van der Waals surface area contributed by atoms with Crippen LogP contribution in [-0.2, 0) is 12.6 Å². The Balaban J connectivity index is 1.78. The zero-order valence-corrected chi connectivity index (χ0v) is 16.0. The van der Waals surface area contributed by atoms with E-state index in [-0.39, 0.29) is 0 Å². The van der Waals surface area contributed by atoms with E-state index in [4.69, 9.17) is 0 Å². The van der Waals surface area contributed by atoms with Gasteiger partial charge in [-0.25, -0.2) is 4.39 Å². The van der Waals surface area contributed by atoms with Crippen LogP contribution in [0.3, 0.4) is 0 Å². The molecule has 0 spiro atoms. The SMILES string of the molecule is CCCCc1ccc2c(ccc3cc(-c4ccc(C(F)(F)F)cc4)c(F)cc32)c1. The van der Waals surface area contributed by atoms with Crippen LogP contribution < -0.4 is 0 Å². The van der Waals surface area contributed by atoms with Gasteiger partial charge in [-0.05, 0) is 69.8 Å². The van der Waals surface area contributed by atoms with Gasteiger partial charge in [0, 0.05) is 5.56 Å². The molecule has 0 atom stereocenters. The average Bonchev–Trinajstić information content (AvgIpc) is 2.71. The van der Waals surface area contributed by atoms with Gasteiger partial charge in [-0.15, -0.1) is 0 Å². The fraction of sp³-hybridized carbons (Fsp3) is 0.200. The molecule has 0 saturated carbocycles. The first-order valence-corrected chi connectivity index (χ1v) is 9.69. The normalized spacial score (nSPS) is 12.0. The molecular weight excluding hydrogens is 376 g/mol. The topological polar surface area (TPSA) is 0 Å². The van der Waals surface area contributed by atoms with E-state index in [0.29, 0.717) is 11.1 Å². The summed E-state index contributed by atoms with van der Waals surface area (Å²) < 4.78 is 53.2. The Labute approximate surface area is 166 Å². The van der Waals surface area contributed by atoms with E-state index in [1.54, 1.807) is 6.07 Å². The number of hydrogen-bond acceptors (Lipinski definition) is 0. The maximum Gasteiger partial charge on any atom is 0.416 e. The molecule has 0 unspecified atom stereocenters. The highest BCUT2D eigenvalue weighted by Gasteiger charge is 2.30. The van der Waals surface area contributed by atoms with Crippen LogP contribution in [0.4, 0.5) is 17.6 Å². The number of aryl methyl sites for hydroxylation is 1. The molecule has 0 aliphatic rings. The molecule has 0 heterocycles. The van der Waals surface area contributed by atoms with Crippen LogP contribution in [0.2, 0.25) is 0 Å². The summed E-state index contributed by atoms with van der Waals surface area (Å²) in [6.45, 7) is 2.16. The van der Waals surface area contributed by atoms with Crippen molar-refractivity contribution in [3.63, 3.8) is 0 Å². The molecule has 0 aliphatic heterocycles. The second kappa shape index (κ2) is 7.51. The first kappa shape index (κ1) is 19.4. The van der Waals surface area contributed by atoms with Crippen molar-refractivity contribution in [1.29, 1.82) is 0 Å². The second-order valence-electron chi connectivity index (χ2n) is 7.35. The Hall–Kier alpha value is -2.88. The van der Waals surface area contributed by atoms with Crippen molar-refractivity contribution in [2.24, 2.45) is 0 Å². The van der Waals surface area contributed by atoms with Gasteiger partial charge in [0.2, 0.25) is 0 Å². The summed E-state index contributed by atoms with van der Waals surface area (Å²) in [5.41, 5.74) is 1.24. The fourth-order valence-electron chi connectivity index (χ4n) is 3.73. The molecular formula is C25H20F4. The first-order chi connectivity index (χ1) is 13.9. The minimum atomic E-state index is -4.41. The molecule has 0 saturated heterocycles. The van der Waals surface area contributed by atoms with Crippen LogP contribution in [0, 0.1) is 5.82 Å². The number of hydrogen-bond donors (Lipinski definition) is 0. The van der Waals surface area contributed by atoms with Gasteiger partial charge in [0.15, 0.2) is 0 Å². The van der Waals surface area contributed by atoms with Crippen molar-refractivity contribution in [2.45, 2.75) is 32.4 Å². The number of halogens is 4. The number of benzene rings is 4. The predicted octanol–water partition coefficient (Wildman–Crippen LogP) is 8.16. The fourth-order valence-corrected chi connectivity index (χ4v) is 3.73. The Kier molecular flexibility index (Phi) is 5.03. The third-order valence-corrected chi connectivity index (χ3v) is 5.33. The lowest BCUT2D eigenvalue weighted by molar-refractivity contribution is -0.137. The van der Waals surface area contributed by atoms with Gasteiger partial charge in [-0.2, -0.15) is 13.2 Å². The zero-order valence-electron chi connectivity index (χ0n) is 16.0. The Morgan fingerprint density at radius 2 is 1.45 bits per heavy atom. The van der Waals surface area contributed by atoms with Crippen molar-refractivity contribution in [2.75, 3.05) is 0 Å². The van der Waals surface area contributed by atoms with Crippen molar-refractivity contribution in [3.05, 3.63) is 83.7 Å². The van der Waals surface area contributed by atoms with Crippen molar-refractivity contribution >= 4 is 21.5 Å². The lowest BCUT2D eigenvalue weighted by atomic mass is 9.95. The van der Waals surface area contributed by atoms with E-state index in [1.807, 2.05) is 18.2 Å². The summed E-state index contributed by atoms with van der Waals surface area (Å²) in [7, 11) is 0. The maximum atomic E-state index is 14.9. The molecule has 0 aliphatic carbocycles. The molecule has 4 aromatic rings. The summed E-state index contributed by atoms with van der Waals surface area (Å²) in [6.07, 6.45) is -1.13. The van der Waals surface area contributed by atoms with Gasteiger partial charge in [0.05, 0.1) is 5.56 Å². The summed E-state index contributed by atoms with van der Waals surface area (Å²) in [5, 5.41) is 3.70. The van der Waals surface area contributed by atoms with Crippen molar-refractivity contribution in [3.8, 4) is 11.1 Å². The molecule has 29 heavy (non-hydrogen) atoms. The Morgan fingerprint density at radius 3 is 2.10 bits per heavy atom. The third kappa shape index (κ3) is 3.84.